The van der Waals surface area contributed by atoms with Gasteiger partial charge < -0.3 is 10.0 Å². The minimum atomic E-state index is -3.42. The number of carboxylic acids is 1. The van der Waals surface area contributed by atoms with Gasteiger partial charge >= 0.3 is 5.97 Å². The van der Waals surface area contributed by atoms with Crippen molar-refractivity contribution in [3.8, 4) is 0 Å². The van der Waals surface area contributed by atoms with E-state index in [0.717, 1.165) is 37.8 Å². The van der Waals surface area contributed by atoms with Crippen LogP contribution in [-0.4, -0.2) is 54.4 Å². The normalized spacial score (nSPS) is 25.5. The van der Waals surface area contributed by atoms with Crippen LogP contribution in [0.3, 0.4) is 0 Å². The lowest BCUT2D eigenvalue weighted by molar-refractivity contribution is -0.138. The summed E-state index contributed by atoms with van der Waals surface area (Å²) >= 11 is 0. The molecule has 2 fully saturated rings. The quantitative estimate of drug-likeness (QED) is 0.347. The van der Waals surface area contributed by atoms with E-state index in [9.17, 15) is 18.3 Å². The molecule has 0 bridgehead atoms. The van der Waals surface area contributed by atoms with Crippen molar-refractivity contribution < 1.29 is 18.3 Å². The third kappa shape index (κ3) is 6.22. The van der Waals surface area contributed by atoms with Crippen LogP contribution < -0.4 is 0 Å². The third-order valence-corrected chi connectivity index (χ3v) is 9.13. The van der Waals surface area contributed by atoms with E-state index in [1.165, 1.54) is 11.1 Å². The zero-order valence-corrected chi connectivity index (χ0v) is 22.7. The van der Waals surface area contributed by atoms with Gasteiger partial charge in [-0.1, -0.05) is 52.0 Å². The summed E-state index contributed by atoms with van der Waals surface area (Å²) in [5, 5.41) is 9.47. The fourth-order valence-electron chi connectivity index (χ4n) is 5.74. The molecular formula is C27H44N2O4S. The summed E-state index contributed by atoms with van der Waals surface area (Å²) in [6.07, 6.45) is 10.5. The number of carbonyl (C=O) groups is 1. The van der Waals surface area contributed by atoms with Crippen molar-refractivity contribution in [2.75, 3.05) is 19.6 Å². The first kappa shape index (κ1) is 28.4. The van der Waals surface area contributed by atoms with Crippen molar-refractivity contribution in [3.63, 3.8) is 0 Å². The standard InChI is InChI=1S/C25H38N2O4S.C2H6/c1-6-20(32(30,31)26-13-9-10-14-26)11-7-8-12-21-19(3)27(17-23(28)29)22-16-25(4,5)15-18(2)24(21)22;1-2/h6-7,11,22,24H,2,8-10,12-17H2,1,3-5H3,(H,28,29);1-2H3/b11-7-,20-6+;. The SMILES string of the molecule is C=C1CC(C)(C)CC2C1C(CC/C=C\C(=C/C)S(=O)(=O)N1CCCC1)=C(C)N2CC(=O)O.CC. The molecule has 1 saturated carbocycles. The van der Waals surface area contributed by atoms with Gasteiger partial charge in [-0.25, -0.2) is 8.42 Å². The van der Waals surface area contributed by atoms with E-state index in [4.69, 9.17) is 0 Å². The molecule has 3 aliphatic rings. The molecule has 0 aromatic carbocycles. The highest BCUT2D eigenvalue weighted by atomic mass is 32.2. The molecule has 0 radical (unpaired) electrons. The molecule has 6 nitrogen and oxygen atoms in total. The Morgan fingerprint density at radius 1 is 1.24 bits per heavy atom. The van der Waals surface area contributed by atoms with Crippen LogP contribution in [0.4, 0.5) is 0 Å². The molecule has 0 aromatic rings. The highest BCUT2D eigenvalue weighted by Crippen LogP contribution is 2.51. The maximum absolute atomic E-state index is 12.8. The van der Waals surface area contributed by atoms with Crippen molar-refractivity contribution in [1.29, 1.82) is 0 Å². The first-order valence-electron chi connectivity index (χ1n) is 12.7. The second-order valence-electron chi connectivity index (χ2n) is 10.1. The third-order valence-electron chi connectivity index (χ3n) is 7.12. The van der Waals surface area contributed by atoms with E-state index in [0.29, 0.717) is 24.4 Å². The number of aliphatic carboxylic acids is 1. The molecule has 1 saturated heterocycles. The van der Waals surface area contributed by atoms with Crippen LogP contribution in [0, 0.1) is 11.3 Å². The van der Waals surface area contributed by atoms with Crippen molar-refractivity contribution in [3.05, 3.63) is 46.6 Å². The fourth-order valence-corrected chi connectivity index (χ4v) is 7.35. The topological polar surface area (TPSA) is 77.9 Å². The Bertz CT molecular complexity index is 953. The van der Waals surface area contributed by atoms with Crippen LogP contribution in [0.15, 0.2) is 46.6 Å². The monoisotopic (exact) mass is 492 g/mol. The Morgan fingerprint density at radius 2 is 1.85 bits per heavy atom. The van der Waals surface area contributed by atoms with E-state index < -0.39 is 16.0 Å². The Hall–Kier alpha value is -1.86. The van der Waals surface area contributed by atoms with E-state index in [1.807, 2.05) is 31.7 Å². The molecule has 1 aliphatic carbocycles. The molecule has 2 heterocycles. The zero-order valence-electron chi connectivity index (χ0n) is 21.9. The number of hydrogen-bond donors (Lipinski definition) is 1. The predicted molar refractivity (Wildman–Crippen MR) is 140 cm³/mol. The highest BCUT2D eigenvalue weighted by molar-refractivity contribution is 7.93. The van der Waals surface area contributed by atoms with Crippen LogP contribution >= 0.6 is 0 Å². The maximum Gasteiger partial charge on any atom is 0.323 e. The van der Waals surface area contributed by atoms with Gasteiger partial charge in [-0.15, -0.1) is 0 Å². The lowest BCUT2D eigenvalue weighted by Crippen LogP contribution is -2.44. The zero-order chi connectivity index (χ0) is 25.7. The summed E-state index contributed by atoms with van der Waals surface area (Å²) in [5.74, 6) is -0.631. The minimum absolute atomic E-state index is 0.00645. The van der Waals surface area contributed by atoms with Gasteiger partial charge in [0, 0.05) is 30.7 Å². The van der Waals surface area contributed by atoms with E-state index in [1.54, 1.807) is 23.4 Å². The second kappa shape index (κ2) is 11.7. The largest absolute Gasteiger partial charge is 0.480 e. The average Bonchev–Trinajstić information content (AvgIpc) is 3.38. The first-order chi connectivity index (χ1) is 16.0. The Labute approximate surface area is 207 Å². The molecular weight excluding hydrogens is 448 g/mol. The number of allylic oxidation sites excluding steroid dienone is 4. The lowest BCUT2D eigenvalue weighted by atomic mass is 9.66. The summed E-state index contributed by atoms with van der Waals surface area (Å²) in [6, 6.07) is 0.142. The molecule has 0 spiro atoms. The second-order valence-corrected chi connectivity index (χ2v) is 12.1. The molecule has 0 amide bonds. The van der Waals surface area contributed by atoms with Gasteiger partial charge in [-0.05, 0) is 69.4 Å². The summed E-state index contributed by atoms with van der Waals surface area (Å²) in [5.41, 5.74) is 3.59. The van der Waals surface area contributed by atoms with Crippen molar-refractivity contribution in [2.45, 2.75) is 86.1 Å². The fraction of sp³-hybridized carbons (Fsp3) is 0.667. The van der Waals surface area contributed by atoms with Gasteiger partial charge in [-0.2, -0.15) is 4.31 Å². The summed E-state index contributed by atoms with van der Waals surface area (Å²) < 4.78 is 27.2. The molecule has 0 aromatic heterocycles. The number of nitrogens with zero attached hydrogens (tertiary/aromatic N) is 2. The van der Waals surface area contributed by atoms with Gasteiger partial charge in [-0.3, -0.25) is 4.79 Å². The van der Waals surface area contributed by atoms with Gasteiger partial charge in [0.25, 0.3) is 0 Å². The van der Waals surface area contributed by atoms with Crippen LogP contribution in [-0.2, 0) is 14.8 Å². The van der Waals surface area contributed by atoms with E-state index >= 15 is 0 Å². The van der Waals surface area contributed by atoms with Crippen molar-refractivity contribution >= 4 is 16.0 Å². The molecule has 2 aliphatic heterocycles. The molecule has 2 unspecified atom stereocenters. The van der Waals surface area contributed by atoms with Crippen LogP contribution in [0.25, 0.3) is 0 Å². The average molecular weight is 493 g/mol. The molecule has 7 heteroatoms. The molecule has 3 rings (SSSR count). The van der Waals surface area contributed by atoms with Gasteiger partial charge in [0.2, 0.25) is 10.0 Å². The van der Waals surface area contributed by atoms with Crippen molar-refractivity contribution in [1.82, 2.24) is 9.21 Å². The Balaban J connectivity index is 0.00000199. The summed E-state index contributed by atoms with van der Waals surface area (Å²) in [7, 11) is -3.42. The van der Waals surface area contributed by atoms with E-state index in [2.05, 4.69) is 20.4 Å². The predicted octanol–water partition coefficient (Wildman–Crippen LogP) is 5.71. The number of sulfonamides is 1. The number of rotatable bonds is 8. The Kier molecular flexibility index (Phi) is 9.78. The highest BCUT2D eigenvalue weighted by Gasteiger charge is 2.46. The lowest BCUT2D eigenvalue weighted by Gasteiger charge is -2.43. The van der Waals surface area contributed by atoms with Gasteiger partial charge in [0.05, 0.1) is 4.91 Å². The van der Waals surface area contributed by atoms with Crippen LogP contribution in [0.2, 0.25) is 0 Å². The van der Waals surface area contributed by atoms with Crippen LogP contribution in [0.1, 0.15) is 80.1 Å². The summed E-state index contributed by atoms with van der Waals surface area (Å²) in [4.78, 5) is 13.9. The maximum atomic E-state index is 12.8. The van der Waals surface area contributed by atoms with Gasteiger partial charge in [0.15, 0.2) is 0 Å². The van der Waals surface area contributed by atoms with E-state index in [-0.39, 0.29) is 23.9 Å². The molecule has 1 N–H and O–H groups in total. The number of fused-ring (bicyclic) bond motifs is 1. The minimum Gasteiger partial charge on any atom is -0.480 e. The number of hydrogen-bond acceptors (Lipinski definition) is 4. The summed E-state index contributed by atoms with van der Waals surface area (Å²) in [6.45, 7) is 17.8. The molecule has 34 heavy (non-hydrogen) atoms. The molecule has 192 valence electrons. The van der Waals surface area contributed by atoms with Crippen LogP contribution in [0.5, 0.6) is 0 Å². The van der Waals surface area contributed by atoms with Gasteiger partial charge in [0.1, 0.15) is 6.54 Å². The first-order valence-corrected chi connectivity index (χ1v) is 14.1. The van der Waals surface area contributed by atoms with Crippen molar-refractivity contribution in [2.24, 2.45) is 11.3 Å². The molecule has 2 atom stereocenters. The number of carboxylic acid groups (broad SMARTS) is 1. The smallest absolute Gasteiger partial charge is 0.323 e. The Morgan fingerprint density at radius 3 is 2.41 bits per heavy atom.